The summed E-state index contributed by atoms with van der Waals surface area (Å²) in [5, 5.41) is 12.2. The lowest BCUT2D eigenvalue weighted by atomic mass is 9.98. The normalized spacial score (nSPS) is 36.5. The summed E-state index contributed by atoms with van der Waals surface area (Å²) < 4.78 is 5.76. The molecule has 0 aliphatic carbocycles. The van der Waals surface area contributed by atoms with Crippen molar-refractivity contribution in [1.29, 1.82) is 0 Å². The molecule has 1 aliphatic heterocycles. The first-order valence-electron chi connectivity index (χ1n) is 5.74. The molecular weight excluding hydrogens is 194 g/mol. The molecule has 1 aliphatic rings. The Morgan fingerprint density at radius 2 is 2.13 bits per heavy atom. The molecule has 0 aromatic rings. The van der Waals surface area contributed by atoms with Crippen molar-refractivity contribution >= 4 is 5.97 Å². The highest BCUT2D eigenvalue weighted by Crippen LogP contribution is 2.20. The maximum atomic E-state index is 10.9. The number of carbonyl (C=O) groups is 1. The number of nitrogens with one attached hydrogen (secondary N) is 1. The molecule has 88 valence electrons. The minimum atomic E-state index is -0.823. The van der Waals surface area contributed by atoms with Crippen LogP contribution in [-0.2, 0) is 9.53 Å². The fourth-order valence-electron chi connectivity index (χ4n) is 2.13. The van der Waals surface area contributed by atoms with E-state index in [0.29, 0.717) is 0 Å². The molecule has 1 heterocycles. The Balaban J connectivity index is 2.64. The molecule has 0 bridgehead atoms. The van der Waals surface area contributed by atoms with Crippen molar-refractivity contribution in [1.82, 2.24) is 5.32 Å². The predicted molar refractivity (Wildman–Crippen MR) is 57.9 cm³/mol. The average Bonchev–Trinajstić information content (AvgIpc) is 2.18. The van der Waals surface area contributed by atoms with E-state index in [2.05, 4.69) is 19.2 Å². The number of ether oxygens (including phenoxy) is 1. The van der Waals surface area contributed by atoms with Crippen molar-refractivity contribution in [3.63, 3.8) is 0 Å². The van der Waals surface area contributed by atoms with Gasteiger partial charge in [0.2, 0.25) is 0 Å². The van der Waals surface area contributed by atoms with Gasteiger partial charge in [-0.1, -0.05) is 20.3 Å². The molecule has 2 N–H and O–H groups in total. The molecule has 4 atom stereocenters. The van der Waals surface area contributed by atoms with E-state index in [0.717, 1.165) is 19.3 Å². The van der Waals surface area contributed by atoms with Crippen LogP contribution in [0.15, 0.2) is 0 Å². The maximum Gasteiger partial charge on any atom is 0.323 e. The molecule has 15 heavy (non-hydrogen) atoms. The Labute approximate surface area is 91.0 Å². The van der Waals surface area contributed by atoms with Gasteiger partial charge < -0.3 is 9.84 Å². The lowest BCUT2D eigenvalue weighted by molar-refractivity contribution is -0.152. The van der Waals surface area contributed by atoms with Gasteiger partial charge in [0.05, 0.1) is 12.2 Å². The van der Waals surface area contributed by atoms with Crippen LogP contribution in [0.25, 0.3) is 0 Å². The van der Waals surface area contributed by atoms with Gasteiger partial charge in [-0.05, 0) is 19.8 Å². The Hall–Kier alpha value is -0.610. The van der Waals surface area contributed by atoms with Gasteiger partial charge in [0.15, 0.2) is 0 Å². The summed E-state index contributed by atoms with van der Waals surface area (Å²) >= 11 is 0. The molecule has 4 heteroatoms. The Bertz CT molecular complexity index is 220. The van der Waals surface area contributed by atoms with E-state index < -0.39 is 12.0 Å². The standard InChI is InChI=1S/C11H21NO3/c1-4-6-9-8(5-2)12-10(11(13)14)7(3)15-9/h7-10,12H,4-6H2,1-3H3,(H,13,14). The molecule has 0 saturated carbocycles. The fourth-order valence-corrected chi connectivity index (χ4v) is 2.13. The highest BCUT2D eigenvalue weighted by Gasteiger charge is 2.37. The second-order valence-corrected chi connectivity index (χ2v) is 4.17. The quantitative estimate of drug-likeness (QED) is 0.744. The van der Waals surface area contributed by atoms with Gasteiger partial charge in [-0.15, -0.1) is 0 Å². The number of morpholine rings is 1. The second-order valence-electron chi connectivity index (χ2n) is 4.17. The smallest absolute Gasteiger partial charge is 0.323 e. The van der Waals surface area contributed by atoms with Crippen LogP contribution in [0, 0.1) is 0 Å². The second kappa shape index (κ2) is 5.47. The summed E-state index contributed by atoms with van der Waals surface area (Å²) in [5.41, 5.74) is 0. The van der Waals surface area contributed by atoms with Crippen LogP contribution in [-0.4, -0.2) is 35.4 Å². The maximum absolute atomic E-state index is 10.9. The minimum Gasteiger partial charge on any atom is -0.480 e. The van der Waals surface area contributed by atoms with E-state index in [4.69, 9.17) is 9.84 Å². The molecule has 0 aromatic heterocycles. The zero-order valence-electron chi connectivity index (χ0n) is 9.69. The first-order valence-corrected chi connectivity index (χ1v) is 5.74. The first kappa shape index (κ1) is 12.5. The summed E-state index contributed by atoms with van der Waals surface area (Å²) in [7, 11) is 0. The third-order valence-corrected chi connectivity index (χ3v) is 2.98. The number of carboxylic acid groups (broad SMARTS) is 1. The topological polar surface area (TPSA) is 58.6 Å². The van der Waals surface area contributed by atoms with Gasteiger partial charge in [-0.2, -0.15) is 0 Å². The lowest BCUT2D eigenvalue weighted by Gasteiger charge is -2.39. The van der Waals surface area contributed by atoms with E-state index in [1.807, 2.05) is 6.92 Å². The highest BCUT2D eigenvalue weighted by molar-refractivity contribution is 5.74. The van der Waals surface area contributed by atoms with Gasteiger partial charge in [0.25, 0.3) is 0 Å². The minimum absolute atomic E-state index is 0.158. The van der Waals surface area contributed by atoms with Gasteiger partial charge in [0.1, 0.15) is 6.04 Å². The number of hydrogen-bond donors (Lipinski definition) is 2. The third-order valence-electron chi connectivity index (χ3n) is 2.98. The molecule has 0 spiro atoms. The van der Waals surface area contributed by atoms with Crippen molar-refractivity contribution in [3.05, 3.63) is 0 Å². The van der Waals surface area contributed by atoms with E-state index >= 15 is 0 Å². The molecule has 0 radical (unpaired) electrons. The van der Waals surface area contributed by atoms with Gasteiger partial charge in [0, 0.05) is 6.04 Å². The molecule has 1 fully saturated rings. The molecule has 0 amide bonds. The Morgan fingerprint density at radius 3 is 2.60 bits per heavy atom. The van der Waals surface area contributed by atoms with Gasteiger partial charge >= 0.3 is 5.97 Å². The van der Waals surface area contributed by atoms with E-state index in [1.54, 1.807) is 0 Å². The first-order chi connectivity index (χ1) is 7.10. The van der Waals surface area contributed by atoms with Gasteiger partial charge in [-0.25, -0.2) is 0 Å². The zero-order valence-corrected chi connectivity index (χ0v) is 9.69. The monoisotopic (exact) mass is 215 g/mol. The van der Waals surface area contributed by atoms with Crippen LogP contribution in [0.3, 0.4) is 0 Å². The van der Waals surface area contributed by atoms with E-state index in [-0.39, 0.29) is 18.2 Å². The molecule has 0 aromatic carbocycles. The van der Waals surface area contributed by atoms with Crippen molar-refractivity contribution in [3.8, 4) is 0 Å². The van der Waals surface area contributed by atoms with Crippen molar-refractivity contribution < 1.29 is 14.6 Å². The average molecular weight is 215 g/mol. The Morgan fingerprint density at radius 1 is 1.47 bits per heavy atom. The SMILES string of the molecule is CCCC1OC(C)C(C(=O)O)NC1CC. The van der Waals surface area contributed by atoms with Crippen LogP contribution in [0.1, 0.15) is 40.0 Å². The fraction of sp³-hybridized carbons (Fsp3) is 0.909. The summed E-state index contributed by atoms with van der Waals surface area (Å²) in [6, 6.07) is -0.398. The Kier molecular flexibility index (Phi) is 4.54. The zero-order chi connectivity index (χ0) is 11.4. The van der Waals surface area contributed by atoms with Crippen molar-refractivity contribution in [2.24, 2.45) is 0 Å². The number of aliphatic carboxylic acids is 1. The van der Waals surface area contributed by atoms with E-state index in [1.165, 1.54) is 0 Å². The summed E-state index contributed by atoms with van der Waals surface area (Å²) in [6.45, 7) is 5.99. The van der Waals surface area contributed by atoms with Crippen molar-refractivity contribution in [2.75, 3.05) is 0 Å². The molecule has 1 rings (SSSR count). The van der Waals surface area contributed by atoms with E-state index in [9.17, 15) is 4.79 Å². The predicted octanol–water partition coefficient (Wildman–Crippen LogP) is 1.40. The lowest BCUT2D eigenvalue weighted by Crippen LogP contribution is -2.60. The number of carboxylic acids is 1. The largest absolute Gasteiger partial charge is 0.480 e. The molecular formula is C11H21NO3. The number of rotatable bonds is 4. The van der Waals surface area contributed by atoms with Crippen LogP contribution in [0.5, 0.6) is 0 Å². The summed E-state index contributed by atoms with van der Waals surface area (Å²) in [5.74, 6) is -0.823. The molecule has 4 unspecified atom stereocenters. The number of hydrogen-bond acceptors (Lipinski definition) is 3. The van der Waals surface area contributed by atoms with Crippen LogP contribution in [0.2, 0.25) is 0 Å². The van der Waals surface area contributed by atoms with Gasteiger partial charge in [-0.3, -0.25) is 10.1 Å². The van der Waals surface area contributed by atoms with Crippen molar-refractivity contribution in [2.45, 2.75) is 64.3 Å². The molecule has 1 saturated heterocycles. The third kappa shape index (κ3) is 2.92. The highest BCUT2D eigenvalue weighted by atomic mass is 16.5. The molecule has 4 nitrogen and oxygen atoms in total. The summed E-state index contributed by atoms with van der Waals surface area (Å²) in [4.78, 5) is 10.9. The summed E-state index contributed by atoms with van der Waals surface area (Å²) in [6.07, 6.45) is 2.86. The van der Waals surface area contributed by atoms with Crippen LogP contribution >= 0.6 is 0 Å². The van der Waals surface area contributed by atoms with Crippen LogP contribution < -0.4 is 5.32 Å². The van der Waals surface area contributed by atoms with Crippen LogP contribution in [0.4, 0.5) is 0 Å².